The van der Waals surface area contributed by atoms with Gasteiger partial charge in [-0.2, -0.15) is 5.26 Å². The second kappa shape index (κ2) is 14.2. The van der Waals surface area contributed by atoms with Crippen molar-refractivity contribution in [3.8, 4) is 17.4 Å². The van der Waals surface area contributed by atoms with Gasteiger partial charge in [-0.1, -0.05) is 18.2 Å². The number of aliphatic hydroxyl groups excluding tert-OH is 3. The molecule has 0 amide bonds. The van der Waals surface area contributed by atoms with Gasteiger partial charge in [0.15, 0.2) is 4.91 Å². The Hall–Kier alpha value is -3.32. The number of nitrogens with zero attached hydrogens (tertiary/aromatic N) is 2. The molecule has 0 aliphatic carbocycles. The third kappa shape index (κ3) is 7.48. The van der Waals surface area contributed by atoms with E-state index in [2.05, 4.69) is 21.0 Å². The van der Waals surface area contributed by atoms with E-state index in [-0.39, 0.29) is 24.4 Å². The molecular weight excluding hydrogens is 588 g/mol. The van der Waals surface area contributed by atoms with Crippen LogP contribution in [0.15, 0.2) is 57.9 Å². The average molecular weight is 627 g/mol. The lowest BCUT2D eigenvalue weighted by Gasteiger charge is -2.36. The third-order valence-electron chi connectivity index (χ3n) is 8.00. The molecule has 3 aromatic rings. The fourth-order valence-electron chi connectivity index (χ4n) is 5.43. The van der Waals surface area contributed by atoms with Crippen molar-refractivity contribution in [3.05, 3.63) is 59.2 Å². The van der Waals surface area contributed by atoms with Gasteiger partial charge in [0.1, 0.15) is 23.7 Å². The highest BCUT2D eigenvalue weighted by Crippen LogP contribution is 2.31. The lowest BCUT2D eigenvalue weighted by atomic mass is 9.98. The topological polar surface area (TPSA) is 178 Å². The molecule has 2 saturated heterocycles. The molecule has 4 atom stereocenters. The first-order chi connectivity index (χ1) is 21.2. The van der Waals surface area contributed by atoms with E-state index in [1.54, 1.807) is 18.2 Å². The van der Waals surface area contributed by atoms with E-state index in [4.69, 9.17) is 13.9 Å². The van der Waals surface area contributed by atoms with Crippen LogP contribution >= 0.6 is 0 Å². The number of nitriles is 1. The Kier molecular flexibility index (Phi) is 10.3. The number of anilines is 1. The van der Waals surface area contributed by atoms with Gasteiger partial charge in [-0.3, -0.25) is 4.90 Å². The normalized spacial score (nSPS) is 23.7. The Bertz CT molecular complexity index is 1630. The van der Waals surface area contributed by atoms with Gasteiger partial charge in [0.05, 0.1) is 38.1 Å². The van der Waals surface area contributed by atoms with Crippen LogP contribution in [0, 0.1) is 11.3 Å². The number of sulfonamides is 1. The Labute approximate surface area is 256 Å². The molecule has 3 heterocycles. The summed E-state index contributed by atoms with van der Waals surface area (Å²) >= 11 is 0. The maximum absolute atomic E-state index is 13.1. The summed E-state index contributed by atoms with van der Waals surface area (Å²) in [6, 6.07) is 17.1. The molecule has 0 radical (unpaired) electrons. The zero-order valence-corrected chi connectivity index (χ0v) is 25.3. The van der Waals surface area contributed by atoms with Crippen molar-refractivity contribution >= 4 is 32.1 Å². The highest BCUT2D eigenvalue weighted by Gasteiger charge is 2.37. The van der Waals surface area contributed by atoms with Gasteiger partial charge >= 0.3 is 0 Å². The Morgan fingerprint density at radius 3 is 2.59 bits per heavy atom. The van der Waals surface area contributed by atoms with Gasteiger partial charge in [-0.25, -0.2) is 13.1 Å². The first-order valence-corrected chi connectivity index (χ1v) is 16.1. The van der Waals surface area contributed by atoms with Gasteiger partial charge in [0.25, 0.3) is 10.0 Å². The van der Waals surface area contributed by atoms with Crippen molar-refractivity contribution in [1.29, 1.82) is 5.26 Å². The van der Waals surface area contributed by atoms with E-state index in [1.807, 2.05) is 30.3 Å². The predicted octanol–water partition coefficient (Wildman–Crippen LogP) is 1.89. The Morgan fingerprint density at radius 1 is 1.09 bits per heavy atom. The van der Waals surface area contributed by atoms with E-state index < -0.39 is 45.9 Å². The zero-order valence-electron chi connectivity index (χ0n) is 24.5. The first kappa shape index (κ1) is 32.1. The Morgan fingerprint density at radius 2 is 1.84 bits per heavy atom. The van der Waals surface area contributed by atoms with Crippen molar-refractivity contribution in [1.82, 2.24) is 9.62 Å². The molecule has 5 N–H and O–H groups in total. The van der Waals surface area contributed by atoms with E-state index in [0.717, 1.165) is 61.4 Å². The average Bonchev–Trinajstić information content (AvgIpc) is 3.53. The standard InChI is InChI=1S/C31H38N4O8S/c1-20(30(17-32)44(39,40)34-18-29-31(38)26(37)16-25(19-36)42-29)27-6-7-28(43-27)23-3-2-22-15-24(5-4-21(22)14-23)33-8-9-35-10-12-41-13-11-35/h2-7,14-15,25-26,29,31,33-34,36-38H,8-13,16,18-19H2,1H3/b30-20+/t25?,26-,29-,31+/m1/s1. The van der Waals surface area contributed by atoms with Crippen LogP contribution < -0.4 is 10.0 Å². The molecule has 2 fully saturated rings. The summed E-state index contributed by atoms with van der Waals surface area (Å²) in [6.07, 6.45) is -4.35. The minimum atomic E-state index is -4.33. The molecule has 0 bridgehead atoms. The van der Waals surface area contributed by atoms with Crippen molar-refractivity contribution in [2.24, 2.45) is 0 Å². The molecule has 2 aliphatic rings. The number of rotatable bonds is 11. The molecule has 236 valence electrons. The van der Waals surface area contributed by atoms with E-state index in [9.17, 15) is 29.0 Å². The fourth-order valence-corrected chi connectivity index (χ4v) is 6.59. The molecular formula is C31H38N4O8S. The minimum Gasteiger partial charge on any atom is -0.456 e. The van der Waals surface area contributed by atoms with Gasteiger partial charge < -0.3 is 34.5 Å². The van der Waals surface area contributed by atoms with Crippen LogP contribution in [0.25, 0.3) is 27.7 Å². The summed E-state index contributed by atoms with van der Waals surface area (Å²) in [4.78, 5) is 1.83. The molecule has 2 aliphatic heterocycles. The molecule has 0 saturated carbocycles. The number of hydrogen-bond acceptors (Lipinski definition) is 11. The van der Waals surface area contributed by atoms with Crippen molar-refractivity contribution in [3.63, 3.8) is 0 Å². The second-order valence-corrected chi connectivity index (χ2v) is 12.7. The lowest BCUT2D eigenvalue weighted by Crippen LogP contribution is -2.53. The maximum Gasteiger partial charge on any atom is 0.251 e. The van der Waals surface area contributed by atoms with Crippen LogP contribution in [-0.4, -0.2) is 106 Å². The van der Waals surface area contributed by atoms with Gasteiger partial charge in [0, 0.05) is 56.0 Å². The van der Waals surface area contributed by atoms with E-state index in [1.165, 1.54) is 6.92 Å². The summed E-state index contributed by atoms with van der Waals surface area (Å²) in [5.74, 6) is 0.728. The number of hydrogen-bond donors (Lipinski definition) is 5. The molecule has 13 heteroatoms. The Balaban J connectivity index is 1.26. The number of ether oxygens (including phenoxy) is 2. The van der Waals surface area contributed by atoms with Crippen molar-refractivity contribution in [2.75, 3.05) is 57.9 Å². The van der Waals surface area contributed by atoms with Gasteiger partial charge in [0.2, 0.25) is 0 Å². The van der Waals surface area contributed by atoms with Crippen LogP contribution in [0.4, 0.5) is 5.69 Å². The van der Waals surface area contributed by atoms with Crippen molar-refractivity contribution < 1.29 is 37.6 Å². The van der Waals surface area contributed by atoms with Crippen LogP contribution in [0.1, 0.15) is 19.1 Å². The summed E-state index contributed by atoms with van der Waals surface area (Å²) in [7, 11) is -4.33. The van der Waals surface area contributed by atoms with Gasteiger partial charge in [-0.05, 0) is 48.0 Å². The highest BCUT2D eigenvalue weighted by atomic mass is 32.2. The SMILES string of the molecule is C/C(=C(/C#N)S(=O)(=O)NC[C@H]1OC(CO)C[C@@H](O)[C@@H]1O)c1ccc(-c2ccc3cc(NCCN4CCOCC4)ccc3c2)o1. The molecule has 44 heavy (non-hydrogen) atoms. The van der Waals surface area contributed by atoms with Crippen LogP contribution in [-0.2, 0) is 19.5 Å². The predicted molar refractivity (Wildman–Crippen MR) is 165 cm³/mol. The number of furan rings is 1. The smallest absolute Gasteiger partial charge is 0.251 e. The van der Waals surface area contributed by atoms with Crippen molar-refractivity contribution in [2.45, 2.75) is 37.8 Å². The number of aliphatic hydroxyl groups is 3. The van der Waals surface area contributed by atoms with Gasteiger partial charge in [-0.15, -0.1) is 0 Å². The monoisotopic (exact) mass is 626 g/mol. The van der Waals surface area contributed by atoms with Crippen LogP contribution in [0.2, 0.25) is 0 Å². The highest BCUT2D eigenvalue weighted by molar-refractivity contribution is 7.93. The lowest BCUT2D eigenvalue weighted by molar-refractivity contribution is -0.173. The molecule has 2 aromatic carbocycles. The minimum absolute atomic E-state index is 0.0232. The van der Waals surface area contributed by atoms with E-state index >= 15 is 0 Å². The maximum atomic E-state index is 13.1. The number of benzene rings is 2. The number of allylic oxidation sites excluding steroid dienone is 2. The molecule has 0 spiro atoms. The molecule has 1 aromatic heterocycles. The summed E-state index contributed by atoms with van der Waals surface area (Å²) < 4.78 is 45.3. The van der Waals surface area contributed by atoms with Crippen LogP contribution in [0.5, 0.6) is 0 Å². The van der Waals surface area contributed by atoms with E-state index in [0.29, 0.717) is 5.76 Å². The largest absolute Gasteiger partial charge is 0.456 e. The zero-order chi connectivity index (χ0) is 31.3. The fraction of sp³-hybridized carbons (Fsp3) is 0.452. The summed E-state index contributed by atoms with van der Waals surface area (Å²) in [6.45, 7) is 5.95. The van der Waals surface area contributed by atoms with Crippen LogP contribution in [0.3, 0.4) is 0 Å². The molecule has 1 unspecified atom stereocenters. The first-order valence-electron chi connectivity index (χ1n) is 14.6. The third-order valence-corrected chi connectivity index (χ3v) is 9.48. The number of nitrogens with one attached hydrogen (secondary N) is 2. The summed E-state index contributed by atoms with van der Waals surface area (Å²) in [5.41, 5.74) is 1.94. The second-order valence-electron chi connectivity index (χ2n) is 11.0. The molecule has 12 nitrogen and oxygen atoms in total. The summed E-state index contributed by atoms with van der Waals surface area (Å²) in [5, 5.41) is 44.9. The molecule has 5 rings (SSSR count). The quantitative estimate of drug-likeness (QED) is 0.196. The number of morpholine rings is 1. The number of fused-ring (bicyclic) bond motifs is 1.